The molecule has 2 N–H and O–H groups in total. The Morgan fingerprint density at radius 2 is 2.14 bits per heavy atom. The van der Waals surface area contributed by atoms with Crippen molar-refractivity contribution in [2.24, 2.45) is 0 Å². The average Bonchev–Trinajstić information content (AvgIpc) is 2.37. The highest BCUT2D eigenvalue weighted by Gasteiger charge is 2.14. The Hall–Kier alpha value is -0.860. The minimum atomic E-state index is -0.184. The molecule has 1 aliphatic carbocycles. The summed E-state index contributed by atoms with van der Waals surface area (Å²) in [6.07, 6.45) is 3.55. The minimum Gasteiger partial charge on any atom is -0.393 e. The highest BCUT2D eigenvalue weighted by Crippen LogP contribution is 2.22. The Morgan fingerprint density at radius 3 is 2.93 bits per heavy atom. The van der Waals surface area contributed by atoms with Crippen LogP contribution >= 0.6 is 0 Å². The molecule has 1 unspecified atom stereocenters. The standard InChI is InChI=1S/C12H16O2/c13-8-9-4-5-11-7-12(14)3-1-2-10(11)6-9/h4-6,12-14H,1-3,7-8H2. The largest absolute Gasteiger partial charge is 0.393 e. The van der Waals surface area contributed by atoms with E-state index >= 15 is 0 Å². The smallest absolute Gasteiger partial charge is 0.0681 e. The second-order valence-corrected chi connectivity index (χ2v) is 4.01. The number of aryl methyl sites for hydroxylation is 1. The van der Waals surface area contributed by atoms with Gasteiger partial charge in [0.2, 0.25) is 0 Å². The van der Waals surface area contributed by atoms with Gasteiger partial charge in [0, 0.05) is 0 Å². The fourth-order valence-corrected chi connectivity index (χ4v) is 2.09. The fraction of sp³-hybridized carbons (Fsp3) is 0.500. The third-order valence-corrected chi connectivity index (χ3v) is 2.89. The number of benzene rings is 1. The molecule has 1 aromatic carbocycles. The summed E-state index contributed by atoms with van der Waals surface area (Å²) in [4.78, 5) is 0. The van der Waals surface area contributed by atoms with Crippen LogP contribution in [0, 0.1) is 0 Å². The molecular weight excluding hydrogens is 176 g/mol. The van der Waals surface area contributed by atoms with Crippen molar-refractivity contribution in [3.8, 4) is 0 Å². The molecule has 2 nitrogen and oxygen atoms in total. The van der Waals surface area contributed by atoms with E-state index in [2.05, 4.69) is 6.07 Å². The van der Waals surface area contributed by atoms with Gasteiger partial charge in [-0.15, -0.1) is 0 Å². The molecule has 1 aliphatic rings. The molecule has 0 fully saturated rings. The van der Waals surface area contributed by atoms with Crippen LogP contribution in [0.15, 0.2) is 18.2 Å². The molecular formula is C12H16O2. The molecule has 0 aliphatic heterocycles. The van der Waals surface area contributed by atoms with Gasteiger partial charge in [0.15, 0.2) is 0 Å². The lowest BCUT2D eigenvalue weighted by molar-refractivity contribution is 0.165. The van der Waals surface area contributed by atoms with Crippen LogP contribution in [-0.2, 0) is 19.4 Å². The zero-order valence-electron chi connectivity index (χ0n) is 8.24. The molecule has 0 radical (unpaired) electrons. The van der Waals surface area contributed by atoms with Crippen molar-refractivity contribution >= 4 is 0 Å². The topological polar surface area (TPSA) is 40.5 Å². The molecule has 2 rings (SSSR count). The number of aliphatic hydroxyl groups excluding tert-OH is 2. The summed E-state index contributed by atoms with van der Waals surface area (Å²) in [7, 11) is 0. The predicted molar refractivity (Wildman–Crippen MR) is 55.0 cm³/mol. The molecule has 0 bridgehead atoms. The molecule has 0 saturated heterocycles. The summed E-state index contributed by atoms with van der Waals surface area (Å²) in [5.41, 5.74) is 3.51. The normalized spacial score (nSPS) is 21.4. The lowest BCUT2D eigenvalue weighted by Crippen LogP contribution is -2.08. The quantitative estimate of drug-likeness (QED) is 0.661. The van der Waals surface area contributed by atoms with Gasteiger partial charge in [0.05, 0.1) is 12.7 Å². The maximum Gasteiger partial charge on any atom is 0.0681 e. The Kier molecular flexibility index (Phi) is 2.85. The van der Waals surface area contributed by atoms with E-state index in [0.29, 0.717) is 0 Å². The van der Waals surface area contributed by atoms with Gasteiger partial charge < -0.3 is 10.2 Å². The zero-order chi connectivity index (χ0) is 9.97. The fourth-order valence-electron chi connectivity index (χ4n) is 2.09. The highest BCUT2D eigenvalue weighted by molar-refractivity contribution is 5.33. The first kappa shape index (κ1) is 9.69. The van der Waals surface area contributed by atoms with Gasteiger partial charge in [-0.1, -0.05) is 18.2 Å². The number of rotatable bonds is 1. The van der Waals surface area contributed by atoms with Crippen LogP contribution in [0.5, 0.6) is 0 Å². The average molecular weight is 192 g/mol. The first-order chi connectivity index (χ1) is 6.79. The van der Waals surface area contributed by atoms with E-state index in [1.165, 1.54) is 11.1 Å². The second-order valence-electron chi connectivity index (χ2n) is 4.01. The van der Waals surface area contributed by atoms with E-state index in [1.807, 2.05) is 12.1 Å². The van der Waals surface area contributed by atoms with Crippen molar-refractivity contribution < 1.29 is 10.2 Å². The highest BCUT2D eigenvalue weighted by atomic mass is 16.3. The Labute approximate surface area is 84.2 Å². The lowest BCUT2D eigenvalue weighted by atomic mass is 10.00. The van der Waals surface area contributed by atoms with Gasteiger partial charge in [-0.25, -0.2) is 0 Å². The number of fused-ring (bicyclic) bond motifs is 1. The number of aliphatic hydroxyl groups is 2. The van der Waals surface area contributed by atoms with E-state index in [1.54, 1.807) is 0 Å². The number of hydrogen-bond donors (Lipinski definition) is 2. The SMILES string of the molecule is OCc1ccc2c(c1)CCCC(O)C2. The summed E-state index contributed by atoms with van der Waals surface area (Å²) >= 11 is 0. The van der Waals surface area contributed by atoms with Gasteiger partial charge in [0.1, 0.15) is 0 Å². The molecule has 0 aromatic heterocycles. The Balaban J connectivity index is 2.31. The number of hydrogen-bond acceptors (Lipinski definition) is 2. The van der Waals surface area contributed by atoms with Gasteiger partial charge in [0.25, 0.3) is 0 Å². The summed E-state index contributed by atoms with van der Waals surface area (Å²) in [6, 6.07) is 6.04. The van der Waals surface area contributed by atoms with E-state index in [9.17, 15) is 5.11 Å². The van der Waals surface area contributed by atoms with Crippen molar-refractivity contribution in [2.45, 2.75) is 38.4 Å². The molecule has 2 heteroatoms. The van der Waals surface area contributed by atoms with E-state index in [0.717, 1.165) is 31.2 Å². The van der Waals surface area contributed by atoms with Crippen LogP contribution in [0.4, 0.5) is 0 Å². The first-order valence-corrected chi connectivity index (χ1v) is 5.19. The van der Waals surface area contributed by atoms with E-state index in [4.69, 9.17) is 5.11 Å². The van der Waals surface area contributed by atoms with Gasteiger partial charge in [-0.3, -0.25) is 0 Å². The van der Waals surface area contributed by atoms with Crippen LogP contribution in [0.1, 0.15) is 29.5 Å². The van der Waals surface area contributed by atoms with Crippen molar-refractivity contribution in [1.29, 1.82) is 0 Å². The zero-order valence-corrected chi connectivity index (χ0v) is 8.24. The molecule has 0 heterocycles. The summed E-state index contributed by atoms with van der Waals surface area (Å²) in [5, 5.41) is 18.6. The Bertz CT molecular complexity index is 320. The molecule has 0 spiro atoms. The van der Waals surface area contributed by atoms with E-state index < -0.39 is 0 Å². The van der Waals surface area contributed by atoms with Crippen molar-refractivity contribution in [3.63, 3.8) is 0 Å². The summed E-state index contributed by atoms with van der Waals surface area (Å²) in [5.74, 6) is 0. The summed E-state index contributed by atoms with van der Waals surface area (Å²) in [6.45, 7) is 0.107. The van der Waals surface area contributed by atoms with Crippen LogP contribution in [0.3, 0.4) is 0 Å². The maximum atomic E-state index is 9.61. The first-order valence-electron chi connectivity index (χ1n) is 5.19. The molecule has 76 valence electrons. The summed E-state index contributed by atoms with van der Waals surface area (Å²) < 4.78 is 0. The monoisotopic (exact) mass is 192 g/mol. The van der Waals surface area contributed by atoms with Crippen LogP contribution in [-0.4, -0.2) is 16.3 Å². The minimum absolute atomic E-state index is 0.107. The van der Waals surface area contributed by atoms with Gasteiger partial charge in [-0.2, -0.15) is 0 Å². The molecule has 0 saturated carbocycles. The van der Waals surface area contributed by atoms with Crippen LogP contribution < -0.4 is 0 Å². The van der Waals surface area contributed by atoms with Crippen LogP contribution in [0.2, 0.25) is 0 Å². The van der Waals surface area contributed by atoms with Gasteiger partial charge >= 0.3 is 0 Å². The Morgan fingerprint density at radius 1 is 1.29 bits per heavy atom. The molecule has 0 amide bonds. The maximum absolute atomic E-state index is 9.61. The van der Waals surface area contributed by atoms with Crippen molar-refractivity contribution in [3.05, 3.63) is 34.9 Å². The third kappa shape index (κ3) is 1.97. The lowest BCUT2D eigenvalue weighted by Gasteiger charge is -2.08. The molecule has 1 aromatic rings. The molecule has 14 heavy (non-hydrogen) atoms. The van der Waals surface area contributed by atoms with Crippen LogP contribution in [0.25, 0.3) is 0 Å². The van der Waals surface area contributed by atoms with Crippen molar-refractivity contribution in [2.75, 3.05) is 0 Å². The third-order valence-electron chi connectivity index (χ3n) is 2.89. The predicted octanol–water partition coefficient (Wildman–Crippen LogP) is 1.42. The van der Waals surface area contributed by atoms with Crippen molar-refractivity contribution in [1.82, 2.24) is 0 Å². The van der Waals surface area contributed by atoms with Gasteiger partial charge in [-0.05, 0) is 42.4 Å². The second kappa shape index (κ2) is 4.11. The molecule has 1 atom stereocenters. The van der Waals surface area contributed by atoms with E-state index in [-0.39, 0.29) is 12.7 Å².